The molecule has 0 radical (unpaired) electrons. The molecule has 3 atom stereocenters. The van der Waals surface area contributed by atoms with Crippen molar-refractivity contribution in [1.82, 2.24) is 4.98 Å². The molecule has 29 heavy (non-hydrogen) atoms. The van der Waals surface area contributed by atoms with Crippen LogP contribution in [0, 0.1) is 10.8 Å². The van der Waals surface area contributed by atoms with Gasteiger partial charge < -0.3 is 19.9 Å². The first kappa shape index (κ1) is 20.2. The maximum Gasteiger partial charge on any atom is 0.356 e. The lowest BCUT2D eigenvalue weighted by atomic mass is 9.65. The number of aromatic nitrogens is 1. The number of nitrogens with one attached hydrogen (secondary N) is 3. The Morgan fingerprint density at radius 2 is 2.07 bits per heavy atom. The van der Waals surface area contributed by atoms with Gasteiger partial charge in [0, 0.05) is 34.2 Å². The summed E-state index contributed by atoms with van der Waals surface area (Å²) in [6, 6.07) is 5.78. The molecule has 2 aromatic rings. The average molecular weight is 419 g/mol. The van der Waals surface area contributed by atoms with Crippen molar-refractivity contribution in [3.05, 3.63) is 28.9 Å². The van der Waals surface area contributed by atoms with Gasteiger partial charge in [-0.15, -0.1) is 0 Å². The van der Waals surface area contributed by atoms with Crippen LogP contribution in [0.2, 0.25) is 5.02 Å². The van der Waals surface area contributed by atoms with Crippen LogP contribution < -0.4 is 10.2 Å². The number of rotatable bonds is 4. The van der Waals surface area contributed by atoms with E-state index in [0.29, 0.717) is 39.5 Å². The lowest BCUT2D eigenvalue weighted by Crippen LogP contribution is -3.15. The fraction of sp³-hybridized carbons (Fsp3) is 0.545. The van der Waals surface area contributed by atoms with E-state index in [0.717, 1.165) is 18.5 Å². The summed E-state index contributed by atoms with van der Waals surface area (Å²) in [6.45, 7) is 8.42. The summed E-state index contributed by atoms with van der Waals surface area (Å²) >= 11 is 6.14. The number of ether oxygens (including phenoxy) is 1. The minimum atomic E-state index is -0.522. The number of quaternary nitrogens is 1. The van der Waals surface area contributed by atoms with Gasteiger partial charge in [0.15, 0.2) is 6.54 Å². The number of aromatic amines is 1. The summed E-state index contributed by atoms with van der Waals surface area (Å²) in [7, 11) is 1.32. The van der Waals surface area contributed by atoms with E-state index in [4.69, 9.17) is 16.3 Å². The van der Waals surface area contributed by atoms with E-state index in [1.165, 1.54) is 24.9 Å². The number of likely N-dealkylation sites (tertiary alicyclic amines) is 1. The van der Waals surface area contributed by atoms with Crippen molar-refractivity contribution >= 4 is 40.1 Å². The number of halogens is 1. The molecule has 1 amide bonds. The molecule has 2 bridgehead atoms. The molecule has 1 saturated carbocycles. The summed E-state index contributed by atoms with van der Waals surface area (Å²) < 4.78 is 4.88. The summed E-state index contributed by atoms with van der Waals surface area (Å²) in [5, 5.41) is 4.21. The number of anilines is 1. The Morgan fingerprint density at radius 1 is 1.31 bits per heavy atom. The molecule has 6 nitrogen and oxygen atoms in total. The van der Waals surface area contributed by atoms with Crippen LogP contribution in [0.4, 0.5) is 5.69 Å². The molecule has 1 aliphatic heterocycles. The van der Waals surface area contributed by atoms with E-state index in [-0.39, 0.29) is 11.6 Å². The van der Waals surface area contributed by atoms with E-state index in [1.807, 2.05) is 0 Å². The zero-order valence-electron chi connectivity index (χ0n) is 17.4. The van der Waals surface area contributed by atoms with E-state index in [1.54, 1.807) is 18.2 Å². The Morgan fingerprint density at radius 3 is 2.79 bits per heavy atom. The van der Waals surface area contributed by atoms with Crippen molar-refractivity contribution in [2.75, 3.05) is 25.5 Å². The molecule has 4 rings (SSSR count). The van der Waals surface area contributed by atoms with Crippen LogP contribution in [0.25, 0.3) is 10.9 Å². The average Bonchev–Trinajstić information content (AvgIpc) is 3.07. The molecule has 1 unspecified atom stereocenters. The van der Waals surface area contributed by atoms with Crippen LogP contribution in [0.1, 0.15) is 50.5 Å². The van der Waals surface area contributed by atoms with Crippen LogP contribution >= 0.6 is 11.6 Å². The quantitative estimate of drug-likeness (QED) is 0.668. The molecule has 7 heteroatoms. The molecular weight excluding hydrogens is 390 g/mol. The standard InChI is InChI=1S/C22H28ClN3O3/c1-21(2)8-14-9-22(3,11-21)12-26(14)10-17(27)25-18-15-7-13(23)5-6-16(15)24-19(18)20(28)29-4/h5-7,14,24H,8-12H2,1-4H3,(H,25,27)/p+1/t14-,22-/m1/s1. The predicted molar refractivity (Wildman–Crippen MR) is 114 cm³/mol. The number of hydrogen-bond acceptors (Lipinski definition) is 3. The molecule has 2 heterocycles. The summed E-state index contributed by atoms with van der Waals surface area (Å²) in [5.74, 6) is -0.619. The summed E-state index contributed by atoms with van der Waals surface area (Å²) in [6.07, 6.45) is 3.52. The minimum absolute atomic E-state index is 0.0972. The SMILES string of the molecule is COC(=O)c1[nH]c2ccc(Cl)cc2c1NC(=O)C[NH+]1C[C@]2(C)C[C@H]1CC(C)(C)C2. The van der Waals surface area contributed by atoms with Gasteiger partial charge in [0.1, 0.15) is 5.69 Å². The van der Waals surface area contributed by atoms with E-state index in [9.17, 15) is 9.59 Å². The van der Waals surface area contributed by atoms with E-state index >= 15 is 0 Å². The van der Waals surface area contributed by atoms with Gasteiger partial charge in [0.05, 0.1) is 25.4 Å². The first-order valence-electron chi connectivity index (χ1n) is 10.1. The van der Waals surface area contributed by atoms with E-state index < -0.39 is 5.97 Å². The zero-order chi connectivity index (χ0) is 21.0. The molecule has 3 N–H and O–H groups in total. The largest absolute Gasteiger partial charge is 0.464 e. The fourth-order valence-electron chi connectivity index (χ4n) is 5.90. The number of fused-ring (bicyclic) bond motifs is 3. The van der Waals surface area contributed by atoms with Crippen LogP contribution in [0.15, 0.2) is 18.2 Å². The lowest BCUT2D eigenvalue weighted by Gasteiger charge is -2.37. The number of esters is 1. The number of carbonyl (C=O) groups is 2. The second-order valence-corrected chi connectivity index (χ2v) is 10.3. The molecule has 156 valence electrons. The number of H-pyrrole nitrogens is 1. The summed E-state index contributed by atoms with van der Waals surface area (Å²) in [5.41, 5.74) is 2.02. The highest BCUT2D eigenvalue weighted by Gasteiger charge is 2.53. The minimum Gasteiger partial charge on any atom is -0.464 e. The molecule has 2 fully saturated rings. The Hall–Kier alpha value is -2.05. The third kappa shape index (κ3) is 3.88. The molecule has 1 saturated heterocycles. The Balaban J connectivity index is 1.57. The molecule has 1 aromatic heterocycles. The maximum atomic E-state index is 13.0. The number of carbonyl (C=O) groups excluding carboxylic acids is 2. The number of benzene rings is 1. The normalized spacial score (nSPS) is 27.8. The van der Waals surface area contributed by atoms with Crippen molar-refractivity contribution in [2.45, 2.75) is 46.1 Å². The van der Waals surface area contributed by atoms with Crippen molar-refractivity contribution in [3.8, 4) is 0 Å². The summed E-state index contributed by atoms with van der Waals surface area (Å²) in [4.78, 5) is 29.6. The monoisotopic (exact) mass is 418 g/mol. The van der Waals surface area contributed by atoms with Gasteiger partial charge in [0.2, 0.25) is 0 Å². The Bertz CT molecular complexity index is 983. The van der Waals surface area contributed by atoms with Crippen molar-refractivity contribution < 1.29 is 19.2 Å². The topological polar surface area (TPSA) is 75.6 Å². The van der Waals surface area contributed by atoms with Crippen LogP contribution in [-0.4, -0.2) is 43.1 Å². The number of amides is 1. The second-order valence-electron chi connectivity index (χ2n) is 9.87. The van der Waals surface area contributed by atoms with Crippen LogP contribution in [0.5, 0.6) is 0 Å². The highest BCUT2D eigenvalue weighted by molar-refractivity contribution is 6.31. The predicted octanol–water partition coefficient (Wildman–Crippen LogP) is 3.03. The molecular formula is C22H29ClN3O3+. The Labute approximate surface area is 175 Å². The van der Waals surface area contributed by atoms with Gasteiger partial charge in [-0.1, -0.05) is 32.4 Å². The van der Waals surface area contributed by atoms with Crippen molar-refractivity contribution in [3.63, 3.8) is 0 Å². The van der Waals surface area contributed by atoms with Gasteiger partial charge in [-0.2, -0.15) is 0 Å². The third-order valence-electron chi connectivity index (χ3n) is 6.48. The number of methoxy groups -OCH3 is 1. The molecule has 2 aliphatic rings. The highest BCUT2D eigenvalue weighted by atomic mass is 35.5. The lowest BCUT2D eigenvalue weighted by molar-refractivity contribution is -0.906. The van der Waals surface area contributed by atoms with Gasteiger partial charge in [-0.25, -0.2) is 4.79 Å². The highest BCUT2D eigenvalue weighted by Crippen LogP contribution is 2.47. The first-order valence-corrected chi connectivity index (χ1v) is 10.5. The first-order chi connectivity index (χ1) is 13.6. The molecule has 1 aliphatic carbocycles. The zero-order valence-corrected chi connectivity index (χ0v) is 18.2. The third-order valence-corrected chi connectivity index (χ3v) is 6.71. The Kier molecular flexibility index (Phi) is 4.90. The van der Waals surface area contributed by atoms with Crippen molar-refractivity contribution in [2.24, 2.45) is 10.8 Å². The fourth-order valence-corrected chi connectivity index (χ4v) is 6.07. The maximum absolute atomic E-state index is 13.0. The second kappa shape index (κ2) is 7.03. The van der Waals surface area contributed by atoms with Crippen LogP contribution in [-0.2, 0) is 9.53 Å². The number of hydrogen-bond donors (Lipinski definition) is 3. The van der Waals surface area contributed by atoms with Crippen LogP contribution in [0.3, 0.4) is 0 Å². The van der Waals surface area contributed by atoms with Crippen molar-refractivity contribution in [1.29, 1.82) is 0 Å². The van der Waals surface area contributed by atoms with Gasteiger partial charge in [0.25, 0.3) is 5.91 Å². The van der Waals surface area contributed by atoms with E-state index in [2.05, 4.69) is 31.1 Å². The van der Waals surface area contributed by atoms with Gasteiger partial charge >= 0.3 is 5.97 Å². The molecule has 1 aromatic carbocycles. The van der Waals surface area contributed by atoms with Gasteiger partial charge in [-0.3, -0.25) is 4.79 Å². The van der Waals surface area contributed by atoms with Gasteiger partial charge in [-0.05, 0) is 30.0 Å². The smallest absolute Gasteiger partial charge is 0.356 e. The molecule has 0 spiro atoms.